The van der Waals surface area contributed by atoms with E-state index in [0.29, 0.717) is 0 Å². The first-order valence-electron chi connectivity index (χ1n) is 2.79. The van der Waals surface area contributed by atoms with Gasteiger partial charge in [-0.25, -0.2) is 0 Å². The third-order valence-corrected chi connectivity index (χ3v) is 0.158. The minimum Gasteiger partial charge on any atom is -0.197 e. The molecule has 5 heteroatoms. The Kier molecular flexibility index (Phi) is 32.9. The van der Waals surface area contributed by atoms with Crippen LogP contribution in [0.4, 0.5) is 0 Å². The summed E-state index contributed by atoms with van der Waals surface area (Å²) in [5.41, 5.74) is 0. The first-order chi connectivity index (χ1) is 5.56. The van der Waals surface area contributed by atoms with E-state index in [1.807, 2.05) is 6.92 Å². The Morgan fingerprint density at radius 2 is 1.50 bits per heavy atom. The van der Waals surface area contributed by atoms with E-state index in [9.17, 15) is 0 Å². The number of rotatable bonds is 0. The zero-order valence-corrected chi connectivity index (χ0v) is 8.87. The van der Waals surface area contributed by atoms with Crippen LogP contribution in [0.15, 0.2) is 12.7 Å². The summed E-state index contributed by atoms with van der Waals surface area (Å²) >= 11 is 14.4. The van der Waals surface area contributed by atoms with Crippen molar-refractivity contribution in [2.75, 3.05) is 0 Å². The van der Waals surface area contributed by atoms with E-state index < -0.39 is 4.30 Å². The maximum atomic E-state index is 7.59. The fraction of sp³-hybridized carbons (Fsp3) is 0.429. The Morgan fingerprint density at radius 3 is 1.50 bits per heavy atom. The quantitative estimate of drug-likeness (QED) is 0.469. The molecule has 0 aromatic carbocycles. The van der Waals surface area contributed by atoms with Gasteiger partial charge in [0.05, 0.1) is 12.1 Å². The van der Waals surface area contributed by atoms with Crippen molar-refractivity contribution < 1.29 is 0 Å². The third kappa shape index (κ3) is 280. The summed E-state index contributed by atoms with van der Waals surface area (Å²) in [6.45, 7) is 5.25. The van der Waals surface area contributed by atoms with E-state index in [1.54, 1.807) is 18.2 Å². The molecule has 68 valence electrons. The topological polar surface area (TPSA) is 47.6 Å². The minimum absolute atomic E-state index is 0. The number of allylic oxidation sites excluding steroid dienone is 1. The summed E-state index contributed by atoms with van der Waals surface area (Å²) in [5, 5.41) is 15.2. The highest BCUT2D eigenvalue weighted by molar-refractivity contribution is 6.63. The second kappa shape index (κ2) is 22.4. The predicted octanol–water partition coefficient (Wildman–Crippen LogP) is 3.60. The second-order valence-corrected chi connectivity index (χ2v) is 3.13. The molecule has 2 nitrogen and oxygen atoms in total. The van der Waals surface area contributed by atoms with Crippen LogP contribution in [0.25, 0.3) is 0 Å². The van der Waals surface area contributed by atoms with Gasteiger partial charge in [-0.05, 0) is 6.92 Å². The van der Waals surface area contributed by atoms with Crippen molar-refractivity contribution in [1.82, 2.24) is 0 Å². The number of hydrogen-bond donors (Lipinski definition) is 0. The Hall–Kier alpha value is -0.410. The second-order valence-electron chi connectivity index (χ2n) is 1.15. The average Bonchev–Trinajstić information content (AvgIpc) is 1.89. The van der Waals surface area contributed by atoms with Crippen molar-refractivity contribution >= 4 is 34.8 Å². The lowest BCUT2D eigenvalue weighted by molar-refractivity contribution is 1.33. The van der Waals surface area contributed by atoms with Gasteiger partial charge in [0, 0.05) is 0 Å². The van der Waals surface area contributed by atoms with E-state index >= 15 is 0 Å². The average molecular weight is 228 g/mol. The molecule has 0 atom stereocenters. The van der Waals surface area contributed by atoms with Gasteiger partial charge < -0.3 is 0 Å². The smallest absolute Gasteiger partial charge is 0.180 e. The predicted molar refractivity (Wildman–Crippen MR) is 53.1 cm³/mol. The fourth-order valence-electron chi connectivity index (χ4n) is 0.0354. The van der Waals surface area contributed by atoms with Gasteiger partial charge in [-0.15, -0.1) is 6.58 Å². The maximum absolute atomic E-state index is 7.59. The van der Waals surface area contributed by atoms with Crippen LogP contribution in [0.5, 0.6) is 0 Å². The molecule has 0 aromatic rings. The van der Waals surface area contributed by atoms with E-state index in [1.165, 1.54) is 0 Å². The highest BCUT2D eigenvalue weighted by atomic mass is 35.6. The standard InChI is InChI=1S/C3H2N2.C3H6.CHCl3/c4-2-1-3-5;1-3-2;2-1(3)4/h1H2;3H,1H2,2H3;1H. The zero-order valence-electron chi connectivity index (χ0n) is 6.60. The lowest BCUT2D eigenvalue weighted by Crippen LogP contribution is -1.55. The molecule has 12 heavy (non-hydrogen) atoms. The highest BCUT2D eigenvalue weighted by Gasteiger charge is 1.78. The van der Waals surface area contributed by atoms with Crippen LogP contribution >= 0.6 is 34.8 Å². The van der Waals surface area contributed by atoms with Gasteiger partial charge in [-0.3, -0.25) is 0 Å². The van der Waals surface area contributed by atoms with E-state index in [2.05, 4.69) is 6.58 Å². The van der Waals surface area contributed by atoms with Crippen molar-refractivity contribution in [2.24, 2.45) is 0 Å². The van der Waals surface area contributed by atoms with E-state index in [-0.39, 0.29) is 6.42 Å². The van der Waals surface area contributed by atoms with Crippen molar-refractivity contribution in [3.05, 3.63) is 12.7 Å². The summed E-state index contributed by atoms with van der Waals surface area (Å²) in [6, 6.07) is 3.31. The number of halogens is 3. The molecule has 0 aliphatic rings. The van der Waals surface area contributed by atoms with E-state index in [4.69, 9.17) is 45.3 Å². The van der Waals surface area contributed by atoms with Gasteiger partial charge >= 0.3 is 0 Å². The van der Waals surface area contributed by atoms with Crippen LogP contribution in [0.1, 0.15) is 13.3 Å². The molecular weight excluding hydrogens is 218 g/mol. The van der Waals surface area contributed by atoms with Crippen molar-refractivity contribution in [2.45, 2.75) is 17.6 Å². The maximum Gasteiger partial charge on any atom is 0.180 e. The lowest BCUT2D eigenvalue weighted by Gasteiger charge is -1.69. The number of nitriles is 2. The van der Waals surface area contributed by atoms with Crippen LogP contribution in [0.3, 0.4) is 0 Å². The van der Waals surface area contributed by atoms with Crippen LogP contribution in [0.2, 0.25) is 0 Å². The molecule has 0 N–H and O–H groups in total. The van der Waals surface area contributed by atoms with Gasteiger partial charge in [0.1, 0.15) is 6.42 Å². The van der Waals surface area contributed by atoms with Gasteiger partial charge in [-0.2, -0.15) is 10.5 Å². The van der Waals surface area contributed by atoms with Crippen LogP contribution in [-0.2, 0) is 0 Å². The Labute approximate surface area is 87.9 Å². The van der Waals surface area contributed by atoms with Crippen molar-refractivity contribution in [1.29, 1.82) is 10.5 Å². The van der Waals surface area contributed by atoms with Crippen LogP contribution in [-0.4, -0.2) is 4.30 Å². The molecule has 0 amide bonds. The first kappa shape index (κ1) is 17.6. The summed E-state index contributed by atoms with van der Waals surface area (Å²) < 4.78 is -0.750. The number of hydrogen-bond acceptors (Lipinski definition) is 2. The fourth-order valence-corrected chi connectivity index (χ4v) is 0.0354. The monoisotopic (exact) mass is 226 g/mol. The lowest BCUT2D eigenvalue weighted by atomic mass is 10.5. The normalized spacial score (nSPS) is 5.92. The molecule has 0 aliphatic heterocycles. The Bertz CT molecular complexity index is 140. The number of nitrogens with zero attached hydrogens (tertiary/aromatic N) is 2. The summed E-state index contributed by atoms with van der Waals surface area (Å²) in [5.74, 6) is 0. The van der Waals surface area contributed by atoms with Crippen LogP contribution < -0.4 is 0 Å². The van der Waals surface area contributed by atoms with Gasteiger partial charge in [0.25, 0.3) is 0 Å². The number of alkyl halides is 3. The largest absolute Gasteiger partial charge is 0.197 e. The molecule has 0 saturated heterocycles. The van der Waals surface area contributed by atoms with Crippen molar-refractivity contribution in [3.8, 4) is 12.1 Å². The molecule has 0 aromatic heterocycles. The molecule has 0 aliphatic carbocycles. The SMILES string of the molecule is C=CC.ClC(Cl)Cl.N#CCC#N. The van der Waals surface area contributed by atoms with Crippen molar-refractivity contribution in [3.63, 3.8) is 0 Å². The molecule has 0 rings (SSSR count). The summed E-state index contributed by atoms with van der Waals surface area (Å²) in [7, 11) is 0. The Morgan fingerprint density at radius 1 is 1.33 bits per heavy atom. The molecule has 0 fully saturated rings. The first-order valence-corrected chi connectivity index (χ1v) is 4.10. The summed E-state index contributed by atoms with van der Waals surface area (Å²) in [6.07, 6.45) is 1.75. The van der Waals surface area contributed by atoms with Gasteiger partial charge in [0.15, 0.2) is 4.30 Å². The van der Waals surface area contributed by atoms with Gasteiger partial charge in [-0.1, -0.05) is 40.9 Å². The third-order valence-electron chi connectivity index (χ3n) is 0.158. The minimum atomic E-state index is -0.750. The molecule has 0 heterocycles. The molecule has 0 saturated carbocycles. The van der Waals surface area contributed by atoms with Crippen LogP contribution in [0, 0.1) is 22.7 Å². The summed E-state index contributed by atoms with van der Waals surface area (Å²) in [4.78, 5) is 0. The molecule has 0 radical (unpaired) electrons. The molecule has 0 spiro atoms. The van der Waals surface area contributed by atoms with E-state index in [0.717, 1.165) is 0 Å². The van der Waals surface area contributed by atoms with Gasteiger partial charge in [0.2, 0.25) is 0 Å². The zero-order chi connectivity index (χ0) is 10.4. The highest BCUT2D eigenvalue weighted by Crippen LogP contribution is 2.03. The molecular formula is C7H9Cl3N2. The molecule has 0 bridgehead atoms. The molecule has 0 unspecified atom stereocenters. The Balaban J connectivity index is -0.000000105.